The van der Waals surface area contributed by atoms with Crippen molar-refractivity contribution in [3.63, 3.8) is 0 Å². The van der Waals surface area contributed by atoms with Crippen LogP contribution in [0.15, 0.2) is 41.8 Å². The summed E-state index contributed by atoms with van der Waals surface area (Å²) in [6.07, 6.45) is 0. The summed E-state index contributed by atoms with van der Waals surface area (Å²) in [7, 11) is 0. The van der Waals surface area contributed by atoms with Crippen LogP contribution in [-0.4, -0.2) is 0 Å². The number of benzene rings is 1. The fourth-order valence-corrected chi connectivity index (χ4v) is 2.37. The van der Waals surface area contributed by atoms with Crippen LogP contribution in [0.2, 0.25) is 0 Å². The van der Waals surface area contributed by atoms with Crippen molar-refractivity contribution in [2.45, 2.75) is 33.6 Å². The van der Waals surface area contributed by atoms with Crippen LogP contribution < -0.4 is 0 Å². The molecule has 0 unspecified atom stereocenters. The summed E-state index contributed by atoms with van der Waals surface area (Å²) in [5, 5.41) is 2.24. The zero-order valence-electron chi connectivity index (χ0n) is 10.5. The normalized spacial score (nSPS) is 9.81. The molecule has 0 spiro atoms. The van der Waals surface area contributed by atoms with Crippen LogP contribution in [0.25, 0.3) is 11.1 Å². The molecule has 0 atom stereocenters. The van der Waals surface area contributed by atoms with E-state index in [-0.39, 0.29) is 0 Å². The number of hydrogen-bond donors (Lipinski definition) is 0. The average molecular weight is 232 g/mol. The van der Waals surface area contributed by atoms with Crippen molar-refractivity contribution in [1.82, 2.24) is 0 Å². The fraction of sp³-hybridized carbons (Fsp3) is 0.333. The van der Waals surface area contributed by atoms with Gasteiger partial charge in [0.05, 0.1) is 0 Å². The molecule has 0 aliphatic rings. The summed E-state index contributed by atoms with van der Waals surface area (Å²) in [5.74, 6) is 0.637. The maximum Gasteiger partial charge on any atom is 0.00770 e. The first-order valence-electron chi connectivity index (χ1n) is 5.91. The van der Waals surface area contributed by atoms with E-state index < -0.39 is 0 Å². The summed E-state index contributed by atoms with van der Waals surface area (Å²) < 4.78 is 0. The van der Waals surface area contributed by atoms with Crippen molar-refractivity contribution in [3.05, 3.63) is 46.7 Å². The monoisotopic (exact) mass is 232 g/mol. The van der Waals surface area contributed by atoms with Gasteiger partial charge in [-0.2, -0.15) is 0 Å². The highest BCUT2D eigenvalue weighted by Crippen LogP contribution is 2.29. The lowest BCUT2D eigenvalue weighted by atomic mass is 10.1. The van der Waals surface area contributed by atoms with Gasteiger partial charge in [0.1, 0.15) is 0 Å². The predicted octanol–water partition coefficient (Wildman–Crippen LogP) is 5.56. The van der Waals surface area contributed by atoms with E-state index in [0.29, 0.717) is 5.92 Å². The first kappa shape index (κ1) is 13.0. The van der Waals surface area contributed by atoms with Gasteiger partial charge in [-0.1, -0.05) is 58.0 Å². The van der Waals surface area contributed by atoms with Crippen LogP contribution in [0, 0.1) is 0 Å². The molecule has 0 nitrogen and oxygen atoms in total. The standard InChI is InChI=1S/C13H14S.C2H6/c1-10(2)13-8-12(9-14-13)11-6-4-3-5-7-11;1-2/h3-10H,1-2H3;1-2H3. The van der Waals surface area contributed by atoms with E-state index in [1.54, 1.807) is 0 Å². The van der Waals surface area contributed by atoms with Crippen LogP contribution in [0.5, 0.6) is 0 Å². The van der Waals surface area contributed by atoms with Crippen molar-refractivity contribution in [1.29, 1.82) is 0 Å². The fourth-order valence-electron chi connectivity index (χ4n) is 1.44. The van der Waals surface area contributed by atoms with Gasteiger partial charge in [0.25, 0.3) is 0 Å². The van der Waals surface area contributed by atoms with Crippen molar-refractivity contribution in [2.75, 3.05) is 0 Å². The highest BCUT2D eigenvalue weighted by atomic mass is 32.1. The molecule has 1 aromatic heterocycles. The van der Waals surface area contributed by atoms with Crippen molar-refractivity contribution in [3.8, 4) is 11.1 Å². The Kier molecular flexibility index (Phi) is 5.27. The molecule has 0 amide bonds. The number of thiophene rings is 1. The SMILES string of the molecule is CC.CC(C)c1cc(-c2ccccc2)cs1. The summed E-state index contributed by atoms with van der Waals surface area (Å²) in [5.41, 5.74) is 2.66. The average Bonchev–Trinajstić information content (AvgIpc) is 2.82. The Balaban J connectivity index is 0.000000606. The van der Waals surface area contributed by atoms with E-state index in [4.69, 9.17) is 0 Å². The minimum Gasteiger partial charge on any atom is -0.148 e. The van der Waals surface area contributed by atoms with Crippen molar-refractivity contribution < 1.29 is 0 Å². The smallest absolute Gasteiger partial charge is 0.00770 e. The molecule has 16 heavy (non-hydrogen) atoms. The molecule has 1 heteroatoms. The Labute approximate surface area is 103 Å². The summed E-state index contributed by atoms with van der Waals surface area (Å²) in [4.78, 5) is 1.46. The highest BCUT2D eigenvalue weighted by molar-refractivity contribution is 7.10. The van der Waals surface area contributed by atoms with E-state index in [0.717, 1.165) is 0 Å². The molecule has 0 aliphatic heterocycles. The molecule has 1 heterocycles. The Bertz CT molecular complexity index is 398. The second-order valence-corrected chi connectivity index (χ2v) is 4.70. The van der Waals surface area contributed by atoms with Gasteiger partial charge in [0, 0.05) is 4.88 Å². The topological polar surface area (TPSA) is 0 Å². The van der Waals surface area contributed by atoms with E-state index in [2.05, 4.69) is 55.6 Å². The Morgan fingerprint density at radius 2 is 1.56 bits per heavy atom. The molecule has 2 rings (SSSR count). The zero-order valence-corrected chi connectivity index (χ0v) is 11.3. The Hall–Kier alpha value is -1.08. The first-order chi connectivity index (χ1) is 7.77. The van der Waals surface area contributed by atoms with Gasteiger partial charge >= 0.3 is 0 Å². The molecule has 0 aliphatic carbocycles. The first-order valence-corrected chi connectivity index (χ1v) is 6.79. The minimum absolute atomic E-state index is 0.637. The minimum atomic E-state index is 0.637. The maximum atomic E-state index is 2.30. The molecular weight excluding hydrogens is 212 g/mol. The van der Waals surface area contributed by atoms with Crippen molar-refractivity contribution >= 4 is 11.3 Å². The van der Waals surface area contributed by atoms with Gasteiger partial charge in [0.2, 0.25) is 0 Å². The van der Waals surface area contributed by atoms with Crippen LogP contribution in [0.1, 0.15) is 38.5 Å². The van der Waals surface area contributed by atoms with Crippen LogP contribution >= 0.6 is 11.3 Å². The van der Waals surface area contributed by atoms with Gasteiger partial charge in [-0.25, -0.2) is 0 Å². The molecular formula is C15H20S. The third-order valence-electron chi connectivity index (χ3n) is 2.30. The molecule has 2 aromatic rings. The third-order valence-corrected chi connectivity index (χ3v) is 3.53. The molecule has 0 N–H and O–H groups in total. The molecule has 0 saturated carbocycles. The number of hydrogen-bond acceptors (Lipinski definition) is 1. The maximum absolute atomic E-state index is 2.30. The highest BCUT2D eigenvalue weighted by Gasteiger charge is 2.04. The second kappa shape index (κ2) is 6.49. The molecule has 0 fully saturated rings. The van der Waals surface area contributed by atoms with Gasteiger partial charge in [-0.3, -0.25) is 0 Å². The Morgan fingerprint density at radius 3 is 2.06 bits per heavy atom. The summed E-state index contributed by atoms with van der Waals surface area (Å²) in [6.45, 7) is 8.47. The zero-order chi connectivity index (χ0) is 12.0. The predicted molar refractivity (Wildman–Crippen MR) is 75.2 cm³/mol. The molecule has 0 saturated heterocycles. The molecule has 0 bridgehead atoms. The molecule has 1 aromatic carbocycles. The second-order valence-electron chi connectivity index (χ2n) is 3.76. The summed E-state index contributed by atoms with van der Waals surface area (Å²) in [6, 6.07) is 12.8. The van der Waals surface area contributed by atoms with Gasteiger partial charge in [-0.15, -0.1) is 11.3 Å². The Morgan fingerprint density at radius 1 is 0.938 bits per heavy atom. The lowest BCUT2D eigenvalue weighted by Gasteiger charge is -1.98. The molecule has 86 valence electrons. The lowest BCUT2D eigenvalue weighted by Crippen LogP contribution is -1.78. The van der Waals surface area contributed by atoms with Gasteiger partial charge in [-0.05, 0) is 28.5 Å². The van der Waals surface area contributed by atoms with E-state index >= 15 is 0 Å². The van der Waals surface area contributed by atoms with Crippen LogP contribution in [0.3, 0.4) is 0 Å². The van der Waals surface area contributed by atoms with Crippen LogP contribution in [0.4, 0.5) is 0 Å². The molecule has 0 radical (unpaired) electrons. The quantitative estimate of drug-likeness (QED) is 0.635. The summed E-state index contributed by atoms with van der Waals surface area (Å²) >= 11 is 1.85. The third kappa shape index (κ3) is 3.21. The van der Waals surface area contributed by atoms with Gasteiger partial charge in [0.15, 0.2) is 0 Å². The van der Waals surface area contributed by atoms with Crippen molar-refractivity contribution in [2.24, 2.45) is 0 Å². The largest absolute Gasteiger partial charge is 0.148 e. The van der Waals surface area contributed by atoms with E-state index in [9.17, 15) is 0 Å². The van der Waals surface area contributed by atoms with Crippen LogP contribution in [-0.2, 0) is 0 Å². The van der Waals surface area contributed by atoms with E-state index in [1.807, 2.05) is 25.2 Å². The van der Waals surface area contributed by atoms with E-state index in [1.165, 1.54) is 16.0 Å². The van der Waals surface area contributed by atoms with Gasteiger partial charge < -0.3 is 0 Å². The lowest BCUT2D eigenvalue weighted by molar-refractivity contribution is 0.890. The number of rotatable bonds is 2.